The molecule has 2 aliphatic rings. The first kappa shape index (κ1) is 17.9. The molecule has 2 saturated carbocycles. The van der Waals surface area contributed by atoms with E-state index in [1.807, 2.05) is 0 Å². The number of amides is 2. The lowest BCUT2D eigenvalue weighted by Gasteiger charge is -2.34. The number of carbonyl (C=O) groups is 2. The fourth-order valence-corrected chi connectivity index (χ4v) is 4.21. The number of hydrogen-bond donors (Lipinski definition) is 2. The van der Waals surface area contributed by atoms with Crippen LogP contribution in [0.15, 0.2) is 23.4 Å². The van der Waals surface area contributed by atoms with E-state index in [1.54, 1.807) is 6.07 Å². The maximum absolute atomic E-state index is 12.0. The summed E-state index contributed by atoms with van der Waals surface area (Å²) in [5.74, 6) is -0.174. The van der Waals surface area contributed by atoms with Gasteiger partial charge in [-0.05, 0) is 42.7 Å². The van der Waals surface area contributed by atoms with Gasteiger partial charge in [0, 0.05) is 22.3 Å². The average molecular weight is 363 g/mol. The molecule has 2 aliphatic carbocycles. The Kier molecular flexibility index (Phi) is 4.58. The summed E-state index contributed by atoms with van der Waals surface area (Å²) in [5.41, 5.74) is 4.07. The van der Waals surface area contributed by atoms with Crippen molar-refractivity contribution in [3.8, 4) is 0 Å². The lowest BCUT2D eigenvalue weighted by Crippen LogP contribution is -2.37. The topological polar surface area (TPSA) is 83.5 Å². The van der Waals surface area contributed by atoms with E-state index in [0.29, 0.717) is 10.9 Å². The standard InChI is InChI=1S/C18H23ClN4O2/c1-17(2)11-4-6-18(17,3)14(8-11)22-23-15(24)10-21-16(25)13-9-12(19)5-7-20-13/h5,7,9,11H,4,6,8,10H2,1-3H3,(H,21,25)(H,23,24)/b22-14+/t11-,18-/m1/s1. The summed E-state index contributed by atoms with van der Waals surface area (Å²) < 4.78 is 0. The summed E-state index contributed by atoms with van der Waals surface area (Å²) in [7, 11) is 0. The molecule has 1 heterocycles. The van der Waals surface area contributed by atoms with E-state index in [9.17, 15) is 9.59 Å². The zero-order valence-corrected chi connectivity index (χ0v) is 15.5. The minimum atomic E-state index is -0.446. The Labute approximate surface area is 152 Å². The maximum atomic E-state index is 12.0. The van der Waals surface area contributed by atoms with Crippen LogP contribution in [0.5, 0.6) is 0 Å². The van der Waals surface area contributed by atoms with E-state index < -0.39 is 5.91 Å². The fourth-order valence-electron chi connectivity index (χ4n) is 4.05. The summed E-state index contributed by atoms with van der Waals surface area (Å²) >= 11 is 5.82. The van der Waals surface area contributed by atoms with Gasteiger partial charge in [0.2, 0.25) is 0 Å². The molecule has 0 aliphatic heterocycles. The molecule has 1 aromatic heterocycles. The minimum absolute atomic E-state index is 0.0406. The predicted octanol–water partition coefficient (Wildman–Crippen LogP) is 2.78. The number of pyridine rings is 1. The zero-order chi connectivity index (χ0) is 18.2. The minimum Gasteiger partial charge on any atom is -0.342 e. The van der Waals surface area contributed by atoms with Crippen molar-refractivity contribution in [2.24, 2.45) is 21.8 Å². The van der Waals surface area contributed by atoms with E-state index in [4.69, 9.17) is 11.6 Å². The Balaban J connectivity index is 1.55. The van der Waals surface area contributed by atoms with E-state index in [-0.39, 0.29) is 29.0 Å². The first-order chi connectivity index (χ1) is 11.7. The fraction of sp³-hybridized carbons (Fsp3) is 0.556. The van der Waals surface area contributed by atoms with E-state index in [1.165, 1.54) is 18.7 Å². The SMILES string of the molecule is CC1(C)[C@@H]2CC[C@]1(C)/C(=N/NC(=O)CNC(=O)c1cc(Cl)ccn1)C2. The molecule has 2 bridgehead atoms. The van der Waals surface area contributed by atoms with Gasteiger partial charge in [0.15, 0.2) is 0 Å². The molecule has 2 fully saturated rings. The largest absolute Gasteiger partial charge is 0.342 e. The maximum Gasteiger partial charge on any atom is 0.270 e. The molecule has 2 atom stereocenters. The Morgan fingerprint density at radius 3 is 2.76 bits per heavy atom. The molecular formula is C18H23ClN4O2. The van der Waals surface area contributed by atoms with Crippen LogP contribution in [0.3, 0.4) is 0 Å². The van der Waals surface area contributed by atoms with Crippen LogP contribution in [0.25, 0.3) is 0 Å². The van der Waals surface area contributed by atoms with Crippen molar-refractivity contribution in [1.29, 1.82) is 0 Å². The molecule has 6 nitrogen and oxygen atoms in total. The highest BCUT2D eigenvalue weighted by atomic mass is 35.5. The Morgan fingerprint density at radius 2 is 2.16 bits per heavy atom. The van der Waals surface area contributed by atoms with Crippen molar-refractivity contribution in [1.82, 2.24) is 15.7 Å². The molecule has 0 unspecified atom stereocenters. The number of carbonyl (C=O) groups excluding carboxylic acids is 2. The molecule has 0 spiro atoms. The third-order valence-electron chi connectivity index (χ3n) is 6.19. The first-order valence-corrected chi connectivity index (χ1v) is 8.87. The van der Waals surface area contributed by atoms with Gasteiger partial charge in [0.05, 0.1) is 6.54 Å². The van der Waals surface area contributed by atoms with Crippen molar-refractivity contribution in [2.45, 2.75) is 40.0 Å². The van der Waals surface area contributed by atoms with Crippen LogP contribution in [0.2, 0.25) is 5.02 Å². The van der Waals surface area contributed by atoms with Crippen LogP contribution in [0.1, 0.15) is 50.5 Å². The number of nitrogens with one attached hydrogen (secondary N) is 2. The van der Waals surface area contributed by atoms with Crippen molar-refractivity contribution < 1.29 is 9.59 Å². The van der Waals surface area contributed by atoms with Gasteiger partial charge in [0.1, 0.15) is 5.69 Å². The molecule has 0 aromatic carbocycles. The second-order valence-electron chi connectivity index (χ2n) is 7.63. The first-order valence-electron chi connectivity index (χ1n) is 8.49. The van der Waals surface area contributed by atoms with Gasteiger partial charge in [-0.15, -0.1) is 0 Å². The molecule has 0 saturated heterocycles. The second-order valence-corrected chi connectivity index (χ2v) is 8.07. The monoisotopic (exact) mass is 362 g/mol. The van der Waals surface area contributed by atoms with Crippen molar-refractivity contribution in [2.75, 3.05) is 6.54 Å². The van der Waals surface area contributed by atoms with E-state index in [0.717, 1.165) is 18.6 Å². The number of rotatable bonds is 4. The van der Waals surface area contributed by atoms with Crippen molar-refractivity contribution in [3.63, 3.8) is 0 Å². The van der Waals surface area contributed by atoms with Crippen LogP contribution in [-0.2, 0) is 4.79 Å². The molecule has 25 heavy (non-hydrogen) atoms. The molecule has 0 radical (unpaired) electrons. The summed E-state index contributed by atoms with van der Waals surface area (Å²) in [4.78, 5) is 27.9. The number of hydrogen-bond acceptors (Lipinski definition) is 4. The van der Waals surface area contributed by atoms with Gasteiger partial charge in [0.25, 0.3) is 11.8 Å². The molecule has 2 amide bonds. The molecule has 1 aromatic rings. The Morgan fingerprint density at radius 1 is 1.40 bits per heavy atom. The molecule has 3 rings (SSSR count). The summed E-state index contributed by atoms with van der Waals surface area (Å²) in [6.45, 7) is 6.64. The Bertz CT molecular complexity index is 746. The van der Waals surface area contributed by atoms with Gasteiger partial charge in [-0.1, -0.05) is 32.4 Å². The number of halogens is 1. The van der Waals surface area contributed by atoms with Gasteiger partial charge in [-0.2, -0.15) is 5.10 Å². The van der Waals surface area contributed by atoms with Gasteiger partial charge >= 0.3 is 0 Å². The normalized spacial score (nSPS) is 28.2. The second kappa shape index (κ2) is 6.41. The number of aromatic nitrogens is 1. The summed E-state index contributed by atoms with van der Waals surface area (Å²) in [5, 5.41) is 7.31. The Hall–Kier alpha value is -1.95. The summed E-state index contributed by atoms with van der Waals surface area (Å²) in [6.07, 6.45) is 4.71. The highest BCUT2D eigenvalue weighted by molar-refractivity contribution is 6.30. The van der Waals surface area contributed by atoms with Gasteiger partial charge in [-0.3, -0.25) is 14.6 Å². The van der Waals surface area contributed by atoms with Crippen LogP contribution in [0.4, 0.5) is 0 Å². The van der Waals surface area contributed by atoms with Crippen LogP contribution >= 0.6 is 11.6 Å². The van der Waals surface area contributed by atoms with Crippen LogP contribution in [-0.4, -0.2) is 29.1 Å². The van der Waals surface area contributed by atoms with E-state index >= 15 is 0 Å². The van der Waals surface area contributed by atoms with Crippen LogP contribution in [0, 0.1) is 16.7 Å². The summed E-state index contributed by atoms with van der Waals surface area (Å²) in [6, 6.07) is 3.03. The highest BCUT2D eigenvalue weighted by Gasteiger charge is 2.59. The third kappa shape index (κ3) is 3.15. The van der Waals surface area contributed by atoms with Crippen molar-refractivity contribution >= 4 is 29.1 Å². The smallest absolute Gasteiger partial charge is 0.270 e. The molecule has 2 N–H and O–H groups in total. The average Bonchev–Trinajstić information content (AvgIpc) is 2.91. The third-order valence-corrected chi connectivity index (χ3v) is 6.43. The molecular weight excluding hydrogens is 340 g/mol. The van der Waals surface area contributed by atoms with E-state index in [2.05, 4.69) is 41.6 Å². The lowest BCUT2D eigenvalue weighted by atomic mass is 9.70. The van der Waals surface area contributed by atoms with Gasteiger partial charge in [-0.25, -0.2) is 5.43 Å². The quantitative estimate of drug-likeness (QED) is 0.808. The highest BCUT2D eigenvalue weighted by Crippen LogP contribution is 2.63. The molecule has 7 heteroatoms. The number of nitrogens with zero attached hydrogens (tertiary/aromatic N) is 2. The number of fused-ring (bicyclic) bond motifs is 2. The number of hydrazone groups is 1. The van der Waals surface area contributed by atoms with Gasteiger partial charge < -0.3 is 5.32 Å². The molecule has 134 valence electrons. The van der Waals surface area contributed by atoms with Crippen molar-refractivity contribution in [3.05, 3.63) is 29.0 Å². The predicted molar refractivity (Wildman–Crippen MR) is 96.4 cm³/mol. The van der Waals surface area contributed by atoms with Crippen LogP contribution < -0.4 is 10.7 Å². The zero-order valence-electron chi connectivity index (χ0n) is 14.7. The lowest BCUT2D eigenvalue weighted by molar-refractivity contribution is -0.120.